The van der Waals surface area contributed by atoms with Crippen molar-refractivity contribution in [2.45, 2.75) is 20.8 Å². The Morgan fingerprint density at radius 1 is 0.957 bits per heavy atom. The highest BCUT2D eigenvalue weighted by atomic mass is 31.1. The van der Waals surface area contributed by atoms with Crippen LogP contribution in [-0.4, -0.2) is 28.0 Å². The first kappa shape index (κ1) is 17.8. The number of hydrogen-bond donors (Lipinski definition) is 0. The molecule has 1 unspecified atom stereocenters. The van der Waals surface area contributed by atoms with E-state index in [0.29, 0.717) is 8.58 Å². The molecule has 2 aromatic rings. The van der Waals surface area contributed by atoms with E-state index < -0.39 is 0 Å². The topological polar surface area (TPSA) is 21.7 Å². The Balaban J connectivity index is 2.43. The predicted octanol–water partition coefficient (Wildman–Crippen LogP) is 3.29. The molecule has 0 radical (unpaired) electrons. The Bertz CT molecular complexity index is 683. The highest BCUT2D eigenvalue weighted by molar-refractivity contribution is 7.56. The third-order valence-corrected chi connectivity index (χ3v) is 4.98. The van der Waals surface area contributed by atoms with E-state index in [4.69, 9.17) is 9.47 Å². The lowest BCUT2D eigenvalue weighted by Gasteiger charge is -2.20. The van der Waals surface area contributed by atoms with Gasteiger partial charge in [0.2, 0.25) is 0 Å². The van der Waals surface area contributed by atoms with Gasteiger partial charge in [-0.25, -0.2) is 0 Å². The molecule has 23 heavy (non-hydrogen) atoms. The molecule has 0 aromatic heterocycles. The van der Waals surface area contributed by atoms with Crippen LogP contribution in [0.15, 0.2) is 30.3 Å². The monoisotopic (exact) mass is 331 g/mol. The fourth-order valence-electron chi connectivity index (χ4n) is 2.62. The molecular weight excluding hydrogens is 305 g/mol. The van der Waals surface area contributed by atoms with Crippen molar-refractivity contribution in [3.63, 3.8) is 0 Å². The number of methoxy groups -OCH3 is 1. The zero-order chi connectivity index (χ0) is 17.0. The largest absolute Gasteiger partial charge is 0.467 e. The highest BCUT2D eigenvalue weighted by Gasteiger charge is 2.13. The Hall–Kier alpha value is -1.57. The van der Waals surface area contributed by atoms with Crippen molar-refractivity contribution in [2.75, 3.05) is 32.9 Å². The van der Waals surface area contributed by atoms with E-state index in [0.717, 1.165) is 11.3 Å². The van der Waals surface area contributed by atoms with Gasteiger partial charge in [0, 0.05) is 37.5 Å². The van der Waals surface area contributed by atoms with Crippen LogP contribution in [0.2, 0.25) is 0 Å². The van der Waals surface area contributed by atoms with E-state index in [1.54, 1.807) is 7.11 Å². The Labute approximate surface area is 141 Å². The lowest BCUT2D eigenvalue weighted by atomic mass is 10.1. The van der Waals surface area contributed by atoms with Crippen molar-refractivity contribution < 1.29 is 9.47 Å². The summed E-state index contributed by atoms with van der Waals surface area (Å²) in [5.74, 6) is 0.945. The van der Waals surface area contributed by atoms with Crippen LogP contribution >= 0.6 is 8.58 Å². The minimum Gasteiger partial charge on any atom is -0.467 e. The zero-order valence-electron chi connectivity index (χ0n) is 14.9. The molecule has 0 bridgehead atoms. The van der Waals surface area contributed by atoms with Crippen LogP contribution < -0.4 is 20.2 Å². The van der Waals surface area contributed by atoms with Gasteiger partial charge in [0.15, 0.2) is 6.79 Å². The molecule has 0 aliphatic carbocycles. The first-order chi connectivity index (χ1) is 10.9. The van der Waals surface area contributed by atoms with Gasteiger partial charge in [0.05, 0.1) is 0 Å². The van der Waals surface area contributed by atoms with Gasteiger partial charge in [-0.05, 0) is 49.6 Å². The predicted molar refractivity (Wildman–Crippen MR) is 102 cm³/mol. The molecule has 0 N–H and O–H groups in total. The van der Waals surface area contributed by atoms with Crippen LogP contribution in [0.25, 0.3) is 0 Å². The minimum atomic E-state index is 0.274. The third kappa shape index (κ3) is 4.46. The smallest absolute Gasteiger partial charge is 0.188 e. The Morgan fingerprint density at radius 3 is 2.35 bits per heavy atom. The van der Waals surface area contributed by atoms with E-state index in [-0.39, 0.29) is 6.79 Å². The molecular formula is C19H26NO2P. The van der Waals surface area contributed by atoms with E-state index in [1.807, 2.05) is 0 Å². The molecule has 2 rings (SSSR count). The van der Waals surface area contributed by atoms with Gasteiger partial charge < -0.3 is 14.4 Å². The van der Waals surface area contributed by atoms with Crippen LogP contribution in [0.1, 0.15) is 16.7 Å². The summed E-state index contributed by atoms with van der Waals surface area (Å²) in [5, 5.41) is 2.55. The lowest BCUT2D eigenvalue weighted by molar-refractivity contribution is 0.0514. The molecule has 0 aliphatic rings. The van der Waals surface area contributed by atoms with E-state index >= 15 is 0 Å². The Kier molecular flexibility index (Phi) is 6.04. The summed E-state index contributed by atoms with van der Waals surface area (Å²) in [7, 11) is 6.37. The van der Waals surface area contributed by atoms with E-state index in [1.165, 1.54) is 27.4 Å². The van der Waals surface area contributed by atoms with E-state index in [9.17, 15) is 0 Å². The zero-order valence-corrected chi connectivity index (χ0v) is 15.9. The molecule has 0 saturated heterocycles. The van der Waals surface area contributed by atoms with Crippen molar-refractivity contribution in [1.29, 1.82) is 0 Å². The molecule has 2 aromatic carbocycles. The maximum absolute atomic E-state index is 5.84. The highest BCUT2D eigenvalue weighted by Crippen LogP contribution is 2.28. The first-order valence-electron chi connectivity index (χ1n) is 7.70. The van der Waals surface area contributed by atoms with Crippen LogP contribution in [0, 0.1) is 20.8 Å². The van der Waals surface area contributed by atoms with Crippen molar-refractivity contribution in [3.05, 3.63) is 47.0 Å². The maximum atomic E-state index is 5.84. The average molecular weight is 331 g/mol. The lowest BCUT2D eigenvalue weighted by Crippen LogP contribution is -2.19. The van der Waals surface area contributed by atoms with Gasteiger partial charge in [-0.1, -0.05) is 26.8 Å². The summed E-state index contributed by atoms with van der Waals surface area (Å²) in [6.45, 7) is 6.62. The summed E-state index contributed by atoms with van der Waals surface area (Å²) in [4.78, 5) is 2.17. The second-order valence-corrected chi connectivity index (χ2v) is 7.38. The molecule has 0 amide bonds. The van der Waals surface area contributed by atoms with Gasteiger partial charge in [-0.15, -0.1) is 0 Å². The fraction of sp³-hybridized carbons (Fsp3) is 0.368. The molecule has 0 heterocycles. The van der Waals surface area contributed by atoms with E-state index in [2.05, 4.69) is 70.1 Å². The fourth-order valence-corrected chi connectivity index (χ4v) is 4.18. The normalized spacial score (nSPS) is 11.2. The summed E-state index contributed by atoms with van der Waals surface area (Å²) < 4.78 is 10.9. The number of ether oxygens (including phenoxy) is 2. The van der Waals surface area contributed by atoms with Crippen molar-refractivity contribution in [3.8, 4) is 5.75 Å². The molecule has 0 aliphatic heterocycles. The van der Waals surface area contributed by atoms with Gasteiger partial charge in [-0.2, -0.15) is 0 Å². The molecule has 1 atom stereocenters. The molecule has 0 saturated carbocycles. The number of rotatable bonds is 6. The first-order valence-corrected chi connectivity index (χ1v) is 8.70. The van der Waals surface area contributed by atoms with Gasteiger partial charge in [0.25, 0.3) is 0 Å². The number of benzene rings is 2. The van der Waals surface area contributed by atoms with Crippen molar-refractivity contribution in [2.24, 2.45) is 0 Å². The van der Waals surface area contributed by atoms with Crippen LogP contribution in [0.4, 0.5) is 5.69 Å². The van der Waals surface area contributed by atoms with Crippen molar-refractivity contribution in [1.82, 2.24) is 0 Å². The van der Waals surface area contributed by atoms with Gasteiger partial charge >= 0.3 is 0 Å². The summed E-state index contributed by atoms with van der Waals surface area (Å²) >= 11 is 0. The summed E-state index contributed by atoms with van der Waals surface area (Å²) in [6, 6.07) is 11.0. The summed E-state index contributed by atoms with van der Waals surface area (Å²) in [5.41, 5.74) is 4.95. The second kappa shape index (κ2) is 7.81. The van der Waals surface area contributed by atoms with Gasteiger partial charge in [-0.3, -0.25) is 0 Å². The SMILES string of the molecule is COCOc1c(C)cc(C)cc1Pc1ccc(C)cc1N(C)C. The minimum absolute atomic E-state index is 0.274. The number of hydrogen-bond acceptors (Lipinski definition) is 3. The average Bonchev–Trinajstić information content (AvgIpc) is 2.48. The van der Waals surface area contributed by atoms with Gasteiger partial charge in [0.1, 0.15) is 5.75 Å². The molecule has 3 nitrogen and oxygen atoms in total. The molecule has 124 valence electrons. The quantitative estimate of drug-likeness (QED) is 0.599. The van der Waals surface area contributed by atoms with Crippen LogP contribution in [0.5, 0.6) is 5.75 Å². The maximum Gasteiger partial charge on any atom is 0.188 e. The van der Waals surface area contributed by atoms with Crippen LogP contribution in [0.3, 0.4) is 0 Å². The third-order valence-electron chi connectivity index (χ3n) is 3.64. The molecule has 4 heteroatoms. The number of aryl methyl sites for hydroxylation is 3. The number of nitrogens with zero attached hydrogens (tertiary/aromatic N) is 1. The molecule has 0 spiro atoms. The second-order valence-electron chi connectivity index (χ2n) is 6.05. The van der Waals surface area contributed by atoms with Crippen molar-refractivity contribution >= 4 is 24.9 Å². The standard InChI is InChI=1S/C19H26NO2P/c1-13-7-8-17(16(10-13)20(4)5)23-18-11-14(2)9-15(3)19(18)22-12-21-6/h7-11,23H,12H2,1-6H3. The number of anilines is 1. The summed E-state index contributed by atoms with van der Waals surface area (Å²) in [6.07, 6.45) is 0. The Morgan fingerprint density at radius 2 is 1.70 bits per heavy atom. The van der Waals surface area contributed by atoms with Crippen LogP contribution in [-0.2, 0) is 4.74 Å². The molecule has 0 fully saturated rings.